The highest BCUT2D eigenvalue weighted by atomic mass is 35.5. The largest absolute Gasteiger partial charge is 0.298 e. The Bertz CT molecular complexity index is 775. The fourth-order valence-electron chi connectivity index (χ4n) is 2.23. The lowest BCUT2D eigenvalue weighted by atomic mass is 10.2. The van der Waals surface area contributed by atoms with Gasteiger partial charge in [-0.15, -0.1) is 0 Å². The number of carbonyl (C=O) groups excluding carboxylic acids is 1. The average molecular weight is 289 g/mol. The van der Waals surface area contributed by atoms with Crippen LogP contribution in [0, 0.1) is 0 Å². The van der Waals surface area contributed by atoms with E-state index in [9.17, 15) is 4.79 Å². The van der Waals surface area contributed by atoms with Gasteiger partial charge >= 0.3 is 0 Å². The second-order valence-corrected chi connectivity index (χ2v) is 4.85. The van der Waals surface area contributed by atoms with Crippen molar-refractivity contribution in [1.29, 1.82) is 0 Å². The van der Waals surface area contributed by atoms with Crippen LogP contribution < -0.4 is 0 Å². The third-order valence-corrected chi connectivity index (χ3v) is 3.34. The van der Waals surface area contributed by atoms with Crippen molar-refractivity contribution < 1.29 is 4.79 Å². The first-order chi connectivity index (χ1) is 9.74. The zero-order valence-corrected chi connectivity index (χ0v) is 11.7. The highest BCUT2D eigenvalue weighted by Gasteiger charge is 2.19. The van der Waals surface area contributed by atoms with Crippen molar-refractivity contribution in [1.82, 2.24) is 19.2 Å². The minimum absolute atomic E-state index is 0.348. The van der Waals surface area contributed by atoms with E-state index >= 15 is 0 Å². The van der Waals surface area contributed by atoms with Crippen molar-refractivity contribution in [3.63, 3.8) is 0 Å². The Kier molecular flexibility index (Phi) is 3.28. The summed E-state index contributed by atoms with van der Waals surface area (Å²) in [6, 6.07) is 5.63. The molecule has 0 aromatic carbocycles. The quantitative estimate of drug-likeness (QED) is 0.693. The second kappa shape index (κ2) is 5.09. The van der Waals surface area contributed by atoms with E-state index in [2.05, 4.69) is 17.0 Å². The zero-order chi connectivity index (χ0) is 14.1. The number of fused-ring (bicyclic) bond motifs is 1. The third-order valence-electron chi connectivity index (χ3n) is 3.08. The van der Waals surface area contributed by atoms with Gasteiger partial charge in [0.2, 0.25) is 0 Å². The van der Waals surface area contributed by atoms with E-state index in [4.69, 9.17) is 11.6 Å². The van der Waals surface area contributed by atoms with Gasteiger partial charge in [0.15, 0.2) is 11.4 Å². The van der Waals surface area contributed by atoms with E-state index in [0.717, 1.165) is 24.9 Å². The molecule has 0 spiro atoms. The van der Waals surface area contributed by atoms with Crippen LogP contribution in [0.3, 0.4) is 0 Å². The fraction of sp³-hybridized carbons (Fsp3) is 0.214. The van der Waals surface area contributed by atoms with Crippen LogP contribution in [0.4, 0.5) is 0 Å². The van der Waals surface area contributed by atoms with Crippen molar-refractivity contribution in [2.24, 2.45) is 0 Å². The number of carbonyl (C=O) groups is 1. The summed E-state index contributed by atoms with van der Waals surface area (Å²) in [4.78, 5) is 15.5. The molecule has 5 nitrogen and oxygen atoms in total. The van der Waals surface area contributed by atoms with Crippen LogP contribution in [-0.4, -0.2) is 25.5 Å². The molecule has 0 unspecified atom stereocenters. The van der Waals surface area contributed by atoms with Gasteiger partial charge in [-0.2, -0.15) is 5.10 Å². The molecular formula is C14H13ClN4O. The lowest BCUT2D eigenvalue weighted by Crippen LogP contribution is -1.97. The summed E-state index contributed by atoms with van der Waals surface area (Å²) in [5, 5.41) is 4.81. The number of aldehydes is 1. The van der Waals surface area contributed by atoms with Crippen molar-refractivity contribution in [3.05, 3.63) is 41.3 Å². The van der Waals surface area contributed by atoms with Gasteiger partial charge in [0.1, 0.15) is 17.0 Å². The maximum Gasteiger partial charge on any atom is 0.157 e. The van der Waals surface area contributed by atoms with Gasteiger partial charge in [-0.05, 0) is 18.6 Å². The maximum atomic E-state index is 11.3. The van der Waals surface area contributed by atoms with Crippen LogP contribution in [0.15, 0.2) is 30.6 Å². The lowest BCUT2D eigenvalue weighted by molar-refractivity contribution is 0.112. The molecule has 3 aromatic heterocycles. The maximum absolute atomic E-state index is 11.3. The van der Waals surface area contributed by atoms with Crippen molar-refractivity contribution >= 4 is 23.5 Å². The van der Waals surface area contributed by atoms with Crippen molar-refractivity contribution in [2.45, 2.75) is 19.9 Å². The topological polar surface area (TPSA) is 52.2 Å². The van der Waals surface area contributed by atoms with Gasteiger partial charge in [0, 0.05) is 18.9 Å². The summed E-state index contributed by atoms with van der Waals surface area (Å²) in [6.07, 6.45) is 5.34. The van der Waals surface area contributed by atoms with Crippen LogP contribution >= 0.6 is 11.6 Å². The first-order valence-corrected chi connectivity index (χ1v) is 6.78. The number of imidazole rings is 1. The van der Waals surface area contributed by atoms with Gasteiger partial charge in [-0.25, -0.2) is 4.98 Å². The number of hydrogen-bond acceptors (Lipinski definition) is 3. The molecule has 0 bridgehead atoms. The summed E-state index contributed by atoms with van der Waals surface area (Å²) in [5.41, 5.74) is 2.47. The van der Waals surface area contributed by atoms with Gasteiger partial charge in [-0.3, -0.25) is 13.9 Å². The third kappa shape index (κ3) is 2.00. The molecule has 0 fully saturated rings. The van der Waals surface area contributed by atoms with E-state index in [1.807, 2.05) is 28.8 Å². The molecule has 3 aromatic rings. The van der Waals surface area contributed by atoms with Crippen LogP contribution in [0.25, 0.3) is 17.0 Å². The van der Waals surface area contributed by atoms with Gasteiger partial charge in [0.05, 0.1) is 5.56 Å². The highest BCUT2D eigenvalue weighted by Crippen LogP contribution is 2.29. The molecule has 0 aliphatic heterocycles. The zero-order valence-electron chi connectivity index (χ0n) is 11.0. The Morgan fingerprint density at radius 2 is 2.25 bits per heavy atom. The minimum atomic E-state index is 0.348. The number of rotatable bonds is 4. The molecule has 3 rings (SSSR count). The van der Waals surface area contributed by atoms with Gasteiger partial charge < -0.3 is 0 Å². The Morgan fingerprint density at radius 3 is 3.00 bits per heavy atom. The predicted molar refractivity (Wildman–Crippen MR) is 77.1 cm³/mol. The first kappa shape index (κ1) is 12.9. The molecule has 0 radical (unpaired) electrons. The monoisotopic (exact) mass is 288 g/mol. The van der Waals surface area contributed by atoms with E-state index in [-0.39, 0.29) is 0 Å². The van der Waals surface area contributed by atoms with E-state index in [1.54, 1.807) is 10.9 Å². The molecule has 20 heavy (non-hydrogen) atoms. The number of halogens is 1. The number of pyridine rings is 1. The van der Waals surface area contributed by atoms with Crippen LogP contribution in [0.2, 0.25) is 5.15 Å². The molecular weight excluding hydrogens is 276 g/mol. The molecule has 0 aliphatic carbocycles. The standard InChI is InChI=1S/C14H13ClN4O/c1-2-6-18-8-10(9-20)12(17-18)13-14(15)16-11-5-3-4-7-19(11)13/h3-5,7-9H,2,6H2,1H3. The molecule has 0 aliphatic rings. The lowest BCUT2D eigenvalue weighted by Gasteiger charge is -2.00. The van der Waals surface area contributed by atoms with Crippen molar-refractivity contribution in [2.75, 3.05) is 0 Å². The molecule has 0 N–H and O–H groups in total. The van der Waals surface area contributed by atoms with Gasteiger partial charge in [0.25, 0.3) is 0 Å². The summed E-state index contributed by atoms with van der Waals surface area (Å²) in [5.74, 6) is 0. The van der Waals surface area contributed by atoms with Crippen molar-refractivity contribution in [3.8, 4) is 11.4 Å². The van der Waals surface area contributed by atoms with E-state index in [0.29, 0.717) is 22.1 Å². The highest BCUT2D eigenvalue weighted by molar-refractivity contribution is 6.32. The molecule has 102 valence electrons. The summed E-state index contributed by atoms with van der Waals surface area (Å²) >= 11 is 6.22. The van der Waals surface area contributed by atoms with Crippen LogP contribution in [0.5, 0.6) is 0 Å². The number of aromatic nitrogens is 4. The van der Waals surface area contributed by atoms with Crippen LogP contribution in [-0.2, 0) is 6.54 Å². The molecule has 6 heteroatoms. The molecule has 0 atom stereocenters. The molecule has 3 heterocycles. The Hall–Kier alpha value is -2.14. The smallest absolute Gasteiger partial charge is 0.157 e. The Labute approximate surface area is 120 Å². The summed E-state index contributed by atoms with van der Waals surface area (Å²) in [7, 11) is 0. The summed E-state index contributed by atoms with van der Waals surface area (Å²) < 4.78 is 3.60. The van der Waals surface area contributed by atoms with Crippen LogP contribution in [0.1, 0.15) is 23.7 Å². The molecule has 0 saturated heterocycles. The fourth-order valence-corrected chi connectivity index (χ4v) is 2.50. The Morgan fingerprint density at radius 1 is 1.40 bits per heavy atom. The van der Waals surface area contributed by atoms with Gasteiger partial charge in [-0.1, -0.05) is 24.6 Å². The second-order valence-electron chi connectivity index (χ2n) is 4.49. The number of aryl methyl sites for hydroxylation is 1. The van der Waals surface area contributed by atoms with E-state index in [1.165, 1.54) is 0 Å². The minimum Gasteiger partial charge on any atom is -0.298 e. The SMILES string of the molecule is CCCn1cc(C=O)c(-c2c(Cl)nc3ccccn23)n1. The summed E-state index contributed by atoms with van der Waals surface area (Å²) in [6.45, 7) is 2.82. The normalized spacial score (nSPS) is 11.1. The average Bonchev–Trinajstić information content (AvgIpc) is 2.98. The molecule has 0 saturated carbocycles. The molecule has 0 amide bonds. The number of nitrogens with zero attached hydrogens (tertiary/aromatic N) is 4. The first-order valence-electron chi connectivity index (χ1n) is 6.40. The number of hydrogen-bond donors (Lipinski definition) is 0. The predicted octanol–water partition coefficient (Wildman–Crippen LogP) is 3.07. The Balaban J connectivity index is 2.24. The van der Waals surface area contributed by atoms with E-state index < -0.39 is 0 Å².